The number of thiazole rings is 1. The molecule has 0 saturated carbocycles. The number of aromatic nitrogens is 4. The molecule has 25 heavy (non-hydrogen) atoms. The fraction of sp³-hybridized carbons (Fsp3) is 0.389. The lowest BCUT2D eigenvalue weighted by atomic mass is 10.1. The Hall–Kier alpha value is -1.99. The third-order valence-electron chi connectivity index (χ3n) is 4.01. The second-order valence-electron chi connectivity index (χ2n) is 5.73. The summed E-state index contributed by atoms with van der Waals surface area (Å²) in [7, 11) is 2.00. The highest BCUT2D eigenvalue weighted by Crippen LogP contribution is 2.38. The first-order valence-corrected chi connectivity index (χ1v) is 10.1. The molecule has 5 nitrogen and oxygen atoms in total. The van der Waals surface area contributed by atoms with Gasteiger partial charge in [0.1, 0.15) is 4.83 Å². The van der Waals surface area contributed by atoms with E-state index in [4.69, 9.17) is 4.98 Å². The van der Waals surface area contributed by atoms with E-state index < -0.39 is 0 Å². The first-order valence-electron chi connectivity index (χ1n) is 8.41. The molecule has 4 heterocycles. The van der Waals surface area contributed by atoms with Crippen molar-refractivity contribution in [2.75, 3.05) is 5.32 Å². The van der Waals surface area contributed by atoms with Gasteiger partial charge in [-0.25, -0.2) is 9.97 Å². The van der Waals surface area contributed by atoms with Gasteiger partial charge >= 0.3 is 0 Å². The third kappa shape index (κ3) is 3.14. The summed E-state index contributed by atoms with van der Waals surface area (Å²) in [5.41, 5.74) is 6.45. The molecule has 4 rings (SSSR count). The van der Waals surface area contributed by atoms with Crippen LogP contribution >= 0.6 is 22.7 Å². The van der Waals surface area contributed by atoms with Gasteiger partial charge in [-0.3, -0.25) is 4.68 Å². The largest absolute Gasteiger partial charge is 0.362 e. The Morgan fingerprint density at radius 3 is 2.64 bits per heavy atom. The molecule has 7 heteroatoms. The summed E-state index contributed by atoms with van der Waals surface area (Å²) in [6.45, 7) is 11.0. The van der Waals surface area contributed by atoms with E-state index in [0.717, 1.165) is 28.6 Å². The molecular formula is C18H23N5S2. The maximum absolute atomic E-state index is 4.69. The number of aryl methyl sites for hydroxylation is 4. The molecule has 4 aromatic heterocycles. The van der Waals surface area contributed by atoms with Crippen molar-refractivity contribution >= 4 is 48.9 Å². The van der Waals surface area contributed by atoms with Gasteiger partial charge < -0.3 is 5.32 Å². The number of hydrogen-bond donors (Lipinski definition) is 1. The van der Waals surface area contributed by atoms with Crippen LogP contribution < -0.4 is 5.32 Å². The molecule has 0 aliphatic carbocycles. The fourth-order valence-electron chi connectivity index (χ4n) is 2.91. The molecule has 0 atom stereocenters. The molecule has 0 bridgehead atoms. The molecule has 4 aromatic rings. The summed E-state index contributed by atoms with van der Waals surface area (Å²) in [5, 5.41) is 9.35. The van der Waals surface area contributed by atoms with E-state index in [9.17, 15) is 0 Å². The SMILES string of the molecule is CC.Cc1cc(C)c2c(n1)sc1c(NCc3scnc3C)nn(C)c12. The van der Waals surface area contributed by atoms with Gasteiger partial charge in [0.05, 0.1) is 28.0 Å². The first kappa shape index (κ1) is 17.8. The van der Waals surface area contributed by atoms with Crippen LogP contribution in [0.1, 0.15) is 35.7 Å². The van der Waals surface area contributed by atoms with Crippen molar-refractivity contribution in [1.82, 2.24) is 19.7 Å². The van der Waals surface area contributed by atoms with Gasteiger partial charge in [0.15, 0.2) is 5.82 Å². The number of fused-ring (bicyclic) bond motifs is 3. The quantitative estimate of drug-likeness (QED) is 0.536. The van der Waals surface area contributed by atoms with E-state index in [1.165, 1.54) is 26.0 Å². The van der Waals surface area contributed by atoms with Crippen molar-refractivity contribution in [3.05, 3.63) is 33.4 Å². The molecule has 0 aliphatic heterocycles. The van der Waals surface area contributed by atoms with Crippen LogP contribution in [0.25, 0.3) is 20.4 Å². The fourth-order valence-corrected chi connectivity index (χ4v) is 4.91. The minimum atomic E-state index is 0.752. The Morgan fingerprint density at radius 1 is 1.20 bits per heavy atom. The Balaban J connectivity index is 0.000000880. The molecule has 132 valence electrons. The minimum Gasteiger partial charge on any atom is -0.362 e. The highest BCUT2D eigenvalue weighted by Gasteiger charge is 2.18. The first-order chi connectivity index (χ1) is 12.0. The van der Waals surface area contributed by atoms with Crippen LogP contribution in [0.15, 0.2) is 11.6 Å². The molecule has 0 amide bonds. The van der Waals surface area contributed by atoms with Crippen LogP contribution in [0.4, 0.5) is 5.82 Å². The zero-order valence-corrected chi connectivity index (χ0v) is 17.1. The van der Waals surface area contributed by atoms with Crippen LogP contribution in [-0.4, -0.2) is 19.7 Å². The van der Waals surface area contributed by atoms with Crippen molar-refractivity contribution < 1.29 is 0 Å². The van der Waals surface area contributed by atoms with Crippen LogP contribution in [0, 0.1) is 20.8 Å². The highest BCUT2D eigenvalue weighted by atomic mass is 32.1. The molecule has 0 radical (unpaired) electrons. The molecule has 0 saturated heterocycles. The summed E-state index contributed by atoms with van der Waals surface area (Å²) < 4.78 is 3.13. The number of nitrogens with one attached hydrogen (secondary N) is 1. The lowest BCUT2D eigenvalue weighted by Crippen LogP contribution is -2.01. The lowest BCUT2D eigenvalue weighted by molar-refractivity contribution is 0.799. The predicted molar refractivity (Wildman–Crippen MR) is 109 cm³/mol. The Bertz CT molecular complexity index is 1030. The standard InChI is InChI=1S/C16H17N5S2.C2H6/c1-8-5-9(2)19-16-12(8)13-14(23-16)15(20-21(13)4)17-6-11-10(3)18-7-22-11;1-2/h5,7H,6H2,1-4H3,(H,17,20);1-2H3. The van der Waals surface area contributed by atoms with E-state index in [-0.39, 0.29) is 0 Å². The molecule has 0 unspecified atom stereocenters. The molecule has 1 N–H and O–H groups in total. The van der Waals surface area contributed by atoms with Gasteiger partial charge in [-0.2, -0.15) is 5.10 Å². The normalized spacial score (nSPS) is 11.0. The minimum absolute atomic E-state index is 0.752. The van der Waals surface area contributed by atoms with Crippen molar-refractivity contribution in [3.8, 4) is 0 Å². The molecule has 0 fully saturated rings. The van der Waals surface area contributed by atoms with Gasteiger partial charge in [-0.15, -0.1) is 22.7 Å². The average Bonchev–Trinajstić information content (AvgIpc) is 3.23. The smallest absolute Gasteiger partial charge is 0.166 e. The van der Waals surface area contributed by atoms with Crippen LogP contribution in [-0.2, 0) is 13.6 Å². The Kier molecular flexibility index (Phi) is 5.06. The third-order valence-corrected chi connectivity index (χ3v) is 6.03. The second kappa shape index (κ2) is 7.09. The Labute approximate surface area is 155 Å². The van der Waals surface area contributed by atoms with E-state index in [1.54, 1.807) is 22.7 Å². The topological polar surface area (TPSA) is 55.6 Å². The average molecular weight is 374 g/mol. The monoisotopic (exact) mass is 373 g/mol. The van der Waals surface area contributed by atoms with Gasteiger partial charge in [-0.1, -0.05) is 13.8 Å². The van der Waals surface area contributed by atoms with Gasteiger partial charge in [0.2, 0.25) is 0 Å². The summed E-state index contributed by atoms with van der Waals surface area (Å²) in [6.07, 6.45) is 0. The molecular weight excluding hydrogens is 350 g/mol. The summed E-state index contributed by atoms with van der Waals surface area (Å²) in [4.78, 5) is 11.3. The number of hydrogen-bond acceptors (Lipinski definition) is 6. The van der Waals surface area contributed by atoms with Crippen molar-refractivity contribution in [1.29, 1.82) is 0 Å². The Morgan fingerprint density at radius 2 is 1.96 bits per heavy atom. The maximum atomic E-state index is 4.69. The van der Waals surface area contributed by atoms with Crippen molar-refractivity contribution in [3.63, 3.8) is 0 Å². The van der Waals surface area contributed by atoms with E-state index in [0.29, 0.717) is 0 Å². The van der Waals surface area contributed by atoms with Crippen LogP contribution in [0.3, 0.4) is 0 Å². The molecule has 0 aromatic carbocycles. The summed E-state index contributed by atoms with van der Waals surface area (Å²) in [5.74, 6) is 0.926. The number of rotatable bonds is 3. The van der Waals surface area contributed by atoms with E-state index in [2.05, 4.69) is 28.4 Å². The van der Waals surface area contributed by atoms with Gasteiger partial charge in [0.25, 0.3) is 0 Å². The second-order valence-corrected chi connectivity index (χ2v) is 7.67. The summed E-state index contributed by atoms with van der Waals surface area (Å²) in [6, 6.07) is 2.13. The predicted octanol–water partition coefficient (Wildman–Crippen LogP) is 5.20. The zero-order valence-electron chi connectivity index (χ0n) is 15.5. The number of anilines is 1. The number of nitrogens with zero attached hydrogens (tertiary/aromatic N) is 4. The van der Waals surface area contributed by atoms with Crippen LogP contribution in [0.2, 0.25) is 0 Å². The highest BCUT2D eigenvalue weighted by molar-refractivity contribution is 7.26. The number of pyridine rings is 1. The zero-order chi connectivity index (χ0) is 18.1. The van der Waals surface area contributed by atoms with Crippen molar-refractivity contribution in [2.24, 2.45) is 7.05 Å². The van der Waals surface area contributed by atoms with E-state index in [1.807, 2.05) is 44.9 Å². The van der Waals surface area contributed by atoms with E-state index >= 15 is 0 Å². The van der Waals surface area contributed by atoms with Gasteiger partial charge in [-0.05, 0) is 32.4 Å². The van der Waals surface area contributed by atoms with Gasteiger partial charge in [0, 0.05) is 23.0 Å². The van der Waals surface area contributed by atoms with Crippen LogP contribution in [0.5, 0.6) is 0 Å². The van der Waals surface area contributed by atoms with Crippen molar-refractivity contribution in [2.45, 2.75) is 41.2 Å². The lowest BCUT2D eigenvalue weighted by Gasteiger charge is -2.01. The molecule has 0 spiro atoms. The number of thiophene rings is 1. The maximum Gasteiger partial charge on any atom is 0.166 e. The molecule has 0 aliphatic rings. The summed E-state index contributed by atoms with van der Waals surface area (Å²) >= 11 is 3.38.